The summed E-state index contributed by atoms with van der Waals surface area (Å²) in [6.07, 6.45) is -2.70. The third-order valence-corrected chi connectivity index (χ3v) is 3.39. The number of nitriles is 1. The number of alkyl halides is 3. The molecule has 130 valence electrons. The number of carbonyl (C=O) groups excluding carboxylic acids is 1. The molecule has 0 aliphatic carbocycles. The summed E-state index contributed by atoms with van der Waals surface area (Å²) < 4.78 is 45.2. The third kappa shape index (κ3) is 5.24. The fourth-order valence-electron chi connectivity index (χ4n) is 2.20. The van der Waals surface area contributed by atoms with Crippen LogP contribution in [0.15, 0.2) is 59.2 Å². The predicted octanol–water partition coefficient (Wildman–Crippen LogP) is 4.17. The lowest BCUT2D eigenvalue weighted by Crippen LogP contribution is -2.30. The summed E-state index contributed by atoms with van der Waals surface area (Å²) in [7, 11) is 0. The van der Waals surface area contributed by atoms with Gasteiger partial charge in [-0.05, 0) is 17.7 Å². The van der Waals surface area contributed by atoms with Crippen molar-refractivity contribution in [2.75, 3.05) is 6.54 Å². The second-order valence-corrected chi connectivity index (χ2v) is 5.17. The van der Waals surface area contributed by atoms with Gasteiger partial charge in [0.2, 0.25) is 5.91 Å². The van der Waals surface area contributed by atoms with Crippen molar-refractivity contribution in [2.45, 2.75) is 19.1 Å². The molecular weight excluding hydrogens is 333 g/mol. The minimum atomic E-state index is -4.68. The van der Waals surface area contributed by atoms with Gasteiger partial charge in [-0.15, -0.1) is 0 Å². The van der Waals surface area contributed by atoms with E-state index >= 15 is 0 Å². The monoisotopic (exact) mass is 348 g/mol. The molecule has 1 amide bonds. The first-order valence-corrected chi connectivity index (χ1v) is 7.44. The molecule has 0 atom stereocenters. The van der Waals surface area contributed by atoms with E-state index in [4.69, 9.17) is 9.68 Å². The van der Waals surface area contributed by atoms with Crippen LogP contribution < -0.4 is 0 Å². The number of nitrogens with zero attached hydrogens (tertiary/aromatic N) is 2. The van der Waals surface area contributed by atoms with Gasteiger partial charge in [0, 0.05) is 12.6 Å². The smallest absolute Gasteiger partial charge is 0.417 e. The summed E-state index contributed by atoms with van der Waals surface area (Å²) in [6.45, 7) is -0.00357. The largest absolute Gasteiger partial charge is 0.467 e. The normalized spacial score (nSPS) is 11.8. The summed E-state index contributed by atoms with van der Waals surface area (Å²) in [5, 5.41) is 8.71. The van der Waals surface area contributed by atoms with Gasteiger partial charge in [0.1, 0.15) is 5.76 Å². The Kier molecular flexibility index (Phi) is 6.01. The molecule has 2 aromatic rings. The van der Waals surface area contributed by atoms with Crippen LogP contribution in [0, 0.1) is 11.3 Å². The Hall–Kier alpha value is -3.01. The number of carbonyl (C=O) groups is 1. The molecule has 1 heterocycles. The molecule has 0 bridgehead atoms. The van der Waals surface area contributed by atoms with Gasteiger partial charge in [0.15, 0.2) is 0 Å². The minimum Gasteiger partial charge on any atom is -0.467 e. The van der Waals surface area contributed by atoms with E-state index in [-0.39, 0.29) is 25.1 Å². The van der Waals surface area contributed by atoms with E-state index in [0.717, 1.165) is 4.90 Å². The second kappa shape index (κ2) is 8.20. The molecule has 7 heteroatoms. The fraction of sp³-hybridized carbons (Fsp3) is 0.222. The summed E-state index contributed by atoms with van der Waals surface area (Å²) in [4.78, 5) is 13.6. The molecule has 0 radical (unpaired) electrons. The molecular formula is C18H15F3N2O2. The van der Waals surface area contributed by atoms with Crippen LogP contribution in [0.1, 0.15) is 17.7 Å². The number of furan rings is 1. The number of hydrogen-bond donors (Lipinski definition) is 0. The van der Waals surface area contributed by atoms with Crippen LogP contribution in [-0.4, -0.2) is 23.5 Å². The van der Waals surface area contributed by atoms with Crippen molar-refractivity contribution in [1.82, 2.24) is 4.90 Å². The maximum Gasteiger partial charge on any atom is 0.417 e. The van der Waals surface area contributed by atoms with E-state index in [2.05, 4.69) is 0 Å². The first kappa shape index (κ1) is 18.3. The molecule has 0 fully saturated rings. The van der Waals surface area contributed by atoms with Crippen molar-refractivity contribution in [3.05, 3.63) is 66.1 Å². The lowest BCUT2D eigenvalue weighted by atomic mass is 10.0. The Morgan fingerprint density at radius 3 is 2.48 bits per heavy atom. The topological polar surface area (TPSA) is 57.2 Å². The number of halogens is 3. The molecule has 1 aromatic carbocycles. The summed E-state index contributed by atoms with van der Waals surface area (Å²) >= 11 is 0. The van der Waals surface area contributed by atoms with Gasteiger partial charge < -0.3 is 9.32 Å². The lowest BCUT2D eigenvalue weighted by Gasteiger charge is -2.20. The molecule has 0 N–H and O–H groups in total. The SMILES string of the molecule is N#CCCN(Cc1ccco1)C(=O)C=C(c1ccccc1)C(F)(F)F. The van der Waals surface area contributed by atoms with E-state index < -0.39 is 17.7 Å². The molecule has 2 rings (SSSR count). The molecule has 4 nitrogen and oxygen atoms in total. The van der Waals surface area contributed by atoms with Crippen LogP contribution in [0.3, 0.4) is 0 Å². The number of rotatable bonds is 6. The Bertz CT molecular complexity index is 760. The predicted molar refractivity (Wildman–Crippen MR) is 84.8 cm³/mol. The standard InChI is InChI=1S/C18H15F3N2O2/c19-18(20,21)16(14-6-2-1-3-7-14)12-17(24)23(10-5-9-22)13-15-8-4-11-25-15/h1-4,6-8,11-12H,5,10,13H2. The minimum absolute atomic E-state index is 0.00641. The van der Waals surface area contributed by atoms with Crippen molar-refractivity contribution in [3.8, 4) is 6.07 Å². The van der Waals surface area contributed by atoms with Gasteiger partial charge in [-0.25, -0.2) is 0 Å². The number of hydrogen-bond acceptors (Lipinski definition) is 3. The first-order valence-electron chi connectivity index (χ1n) is 7.44. The van der Waals surface area contributed by atoms with Crippen LogP contribution >= 0.6 is 0 Å². The second-order valence-electron chi connectivity index (χ2n) is 5.17. The molecule has 0 unspecified atom stereocenters. The molecule has 0 spiro atoms. The van der Waals surface area contributed by atoms with Crippen LogP contribution in [0.5, 0.6) is 0 Å². The quantitative estimate of drug-likeness (QED) is 0.736. The lowest BCUT2D eigenvalue weighted by molar-refractivity contribution is -0.127. The zero-order valence-corrected chi connectivity index (χ0v) is 13.2. The van der Waals surface area contributed by atoms with Gasteiger partial charge >= 0.3 is 6.18 Å². The van der Waals surface area contributed by atoms with E-state index in [9.17, 15) is 18.0 Å². The molecule has 0 saturated carbocycles. The maximum atomic E-state index is 13.3. The first-order chi connectivity index (χ1) is 11.9. The van der Waals surface area contributed by atoms with E-state index in [0.29, 0.717) is 11.8 Å². The van der Waals surface area contributed by atoms with Crippen LogP contribution in [0.2, 0.25) is 0 Å². The van der Waals surface area contributed by atoms with Crippen LogP contribution in [-0.2, 0) is 11.3 Å². The molecule has 0 saturated heterocycles. The Morgan fingerprint density at radius 2 is 1.92 bits per heavy atom. The van der Waals surface area contributed by atoms with E-state index in [1.54, 1.807) is 18.2 Å². The average Bonchev–Trinajstić information content (AvgIpc) is 3.09. The summed E-state index contributed by atoms with van der Waals surface area (Å²) in [5.74, 6) is -0.407. The van der Waals surface area contributed by atoms with Gasteiger partial charge in [-0.3, -0.25) is 4.79 Å². The van der Waals surface area contributed by atoms with Crippen molar-refractivity contribution < 1.29 is 22.4 Å². The molecule has 25 heavy (non-hydrogen) atoms. The Labute approximate surface area is 142 Å². The van der Waals surface area contributed by atoms with E-state index in [1.165, 1.54) is 30.5 Å². The van der Waals surface area contributed by atoms with Crippen LogP contribution in [0.4, 0.5) is 13.2 Å². The fourth-order valence-corrected chi connectivity index (χ4v) is 2.20. The Balaban J connectivity index is 2.31. The Morgan fingerprint density at radius 1 is 1.20 bits per heavy atom. The van der Waals surface area contributed by atoms with E-state index in [1.807, 2.05) is 6.07 Å². The maximum absolute atomic E-state index is 13.3. The summed E-state index contributed by atoms with van der Waals surface area (Å²) in [5.41, 5.74) is -1.12. The molecule has 0 aliphatic heterocycles. The number of amides is 1. The molecule has 1 aromatic heterocycles. The van der Waals surface area contributed by atoms with Crippen LogP contribution in [0.25, 0.3) is 5.57 Å². The summed E-state index contributed by atoms with van der Waals surface area (Å²) in [6, 6.07) is 12.2. The molecule has 0 aliphatic rings. The van der Waals surface area contributed by atoms with Gasteiger partial charge in [-0.2, -0.15) is 18.4 Å². The van der Waals surface area contributed by atoms with Gasteiger partial charge in [0.25, 0.3) is 0 Å². The highest BCUT2D eigenvalue weighted by molar-refractivity contribution is 5.96. The zero-order chi connectivity index (χ0) is 18.3. The number of benzene rings is 1. The van der Waals surface area contributed by atoms with Gasteiger partial charge in [0.05, 0.1) is 30.9 Å². The van der Waals surface area contributed by atoms with Crippen molar-refractivity contribution in [1.29, 1.82) is 5.26 Å². The van der Waals surface area contributed by atoms with Crippen molar-refractivity contribution in [3.63, 3.8) is 0 Å². The highest BCUT2D eigenvalue weighted by Gasteiger charge is 2.35. The highest BCUT2D eigenvalue weighted by atomic mass is 19.4. The average molecular weight is 348 g/mol. The highest BCUT2D eigenvalue weighted by Crippen LogP contribution is 2.33. The van der Waals surface area contributed by atoms with Crippen molar-refractivity contribution in [2.24, 2.45) is 0 Å². The van der Waals surface area contributed by atoms with Gasteiger partial charge in [-0.1, -0.05) is 30.3 Å². The third-order valence-electron chi connectivity index (χ3n) is 3.39. The van der Waals surface area contributed by atoms with Crippen molar-refractivity contribution >= 4 is 11.5 Å². The number of allylic oxidation sites excluding steroid dienone is 1. The zero-order valence-electron chi connectivity index (χ0n) is 13.2.